The van der Waals surface area contributed by atoms with Gasteiger partial charge in [0.15, 0.2) is 0 Å². The summed E-state index contributed by atoms with van der Waals surface area (Å²) in [6, 6.07) is 9.95. The fourth-order valence-corrected chi connectivity index (χ4v) is 2.35. The fourth-order valence-electron chi connectivity index (χ4n) is 2.35. The standard InChI is InChI=1S/C16H20N4O/c1-12-10-16(20(7-3-6-17)8-9-21-2)14-11-13(18)4-5-15(14)19-12/h4-5,10-11H,3,7-9,18H2,1-2H3. The Labute approximate surface area is 124 Å². The molecular weight excluding hydrogens is 264 g/mol. The highest BCUT2D eigenvalue weighted by Gasteiger charge is 2.12. The van der Waals surface area contributed by atoms with Crippen molar-refractivity contribution in [2.24, 2.45) is 0 Å². The normalized spacial score (nSPS) is 10.5. The molecule has 0 aliphatic rings. The lowest BCUT2D eigenvalue weighted by atomic mass is 10.1. The minimum Gasteiger partial charge on any atom is -0.399 e. The summed E-state index contributed by atoms with van der Waals surface area (Å²) in [4.78, 5) is 6.70. The van der Waals surface area contributed by atoms with E-state index < -0.39 is 0 Å². The summed E-state index contributed by atoms with van der Waals surface area (Å²) in [7, 11) is 1.68. The Hall–Kier alpha value is -2.32. The zero-order valence-corrected chi connectivity index (χ0v) is 12.5. The molecular formula is C16H20N4O. The van der Waals surface area contributed by atoms with Gasteiger partial charge in [-0.05, 0) is 31.2 Å². The molecule has 2 rings (SSSR count). The van der Waals surface area contributed by atoms with Gasteiger partial charge in [-0.25, -0.2) is 0 Å². The van der Waals surface area contributed by atoms with Crippen molar-refractivity contribution in [2.75, 3.05) is 37.4 Å². The Bertz CT molecular complexity index is 663. The Morgan fingerprint density at radius 3 is 2.86 bits per heavy atom. The molecule has 0 aliphatic carbocycles. The molecule has 0 saturated heterocycles. The first kappa shape index (κ1) is 15.1. The highest BCUT2D eigenvalue weighted by molar-refractivity contribution is 5.94. The summed E-state index contributed by atoms with van der Waals surface area (Å²) in [6.07, 6.45) is 0.467. The number of nitrogens with zero attached hydrogens (tertiary/aromatic N) is 3. The molecule has 1 aromatic carbocycles. The van der Waals surface area contributed by atoms with Crippen LogP contribution in [0.5, 0.6) is 0 Å². The molecule has 0 fully saturated rings. The molecule has 2 aromatic rings. The number of anilines is 2. The van der Waals surface area contributed by atoms with E-state index in [9.17, 15) is 0 Å². The molecule has 0 saturated carbocycles. The molecule has 0 radical (unpaired) electrons. The summed E-state index contributed by atoms with van der Waals surface area (Å²) in [5.74, 6) is 0. The largest absolute Gasteiger partial charge is 0.399 e. The summed E-state index contributed by atoms with van der Waals surface area (Å²) in [5, 5.41) is 9.87. The second-order valence-electron chi connectivity index (χ2n) is 4.95. The highest BCUT2D eigenvalue weighted by atomic mass is 16.5. The highest BCUT2D eigenvalue weighted by Crippen LogP contribution is 2.28. The van der Waals surface area contributed by atoms with Crippen LogP contribution in [-0.2, 0) is 4.74 Å². The number of hydrogen-bond acceptors (Lipinski definition) is 5. The van der Waals surface area contributed by atoms with Gasteiger partial charge in [0.05, 0.1) is 24.6 Å². The molecule has 5 heteroatoms. The zero-order chi connectivity index (χ0) is 15.2. The van der Waals surface area contributed by atoms with Crippen LogP contribution in [0.3, 0.4) is 0 Å². The number of nitriles is 1. The predicted molar refractivity (Wildman–Crippen MR) is 85.2 cm³/mol. The number of ether oxygens (including phenoxy) is 1. The number of fused-ring (bicyclic) bond motifs is 1. The van der Waals surface area contributed by atoms with Crippen molar-refractivity contribution in [1.29, 1.82) is 5.26 Å². The lowest BCUT2D eigenvalue weighted by molar-refractivity contribution is 0.205. The van der Waals surface area contributed by atoms with E-state index in [1.807, 2.05) is 31.2 Å². The Balaban J connectivity index is 2.49. The molecule has 21 heavy (non-hydrogen) atoms. The van der Waals surface area contributed by atoms with Gasteiger partial charge in [0, 0.05) is 42.7 Å². The number of rotatable bonds is 6. The van der Waals surface area contributed by atoms with E-state index in [4.69, 9.17) is 15.7 Å². The van der Waals surface area contributed by atoms with E-state index in [2.05, 4.69) is 16.0 Å². The first-order valence-corrected chi connectivity index (χ1v) is 6.93. The molecule has 1 heterocycles. The summed E-state index contributed by atoms with van der Waals surface area (Å²) < 4.78 is 5.17. The van der Waals surface area contributed by atoms with Crippen LogP contribution < -0.4 is 10.6 Å². The van der Waals surface area contributed by atoms with Crippen LogP contribution >= 0.6 is 0 Å². The summed E-state index contributed by atoms with van der Waals surface area (Å²) in [5.41, 5.74) is 9.53. The van der Waals surface area contributed by atoms with Crippen molar-refractivity contribution in [1.82, 2.24) is 4.98 Å². The second-order valence-corrected chi connectivity index (χ2v) is 4.95. The van der Waals surface area contributed by atoms with Crippen LogP contribution in [0.15, 0.2) is 24.3 Å². The number of methoxy groups -OCH3 is 1. The third-order valence-corrected chi connectivity index (χ3v) is 3.34. The number of aromatic nitrogens is 1. The topological polar surface area (TPSA) is 75.2 Å². The van der Waals surface area contributed by atoms with E-state index in [1.54, 1.807) is 7.11 Å². The maximum atomic E-state index is 8.86. The number of benzene rings is 1. The second kappa shape index (κ2) is 6.91. The van der Waals surface area contributed by atoms with Gasteiger partial charge in [0.25, 0.3) is 0 Å². The maximum Gasteiger partial charge on any atom is 0.0727 e. The first-order chi connectivity index (χ1) is 10.2. The smallest absolute Gasteiger partial charge is 0.0727 e. The van der Waals surface area contributed by atoms with E-state index >= 15 is 0 Å². The molecule has 2 N–H and O–H groups in total. The average Bonchev–Trinajstić information content (AvgIpc) is 2.47. The fraction of sp³-hybridized carbons (Fsp3) is 0.375. The zero-order valence-electron chi connectivity index (χ0n) is 12.5. The Morgan fingerprint density at radius 2 is 2.14 bits per heavy atom. The van der Waals surface area contributed by atoms with Crippen LogP contribution in [0.1, 0.15) is 12.1 Å². The van der Waals surface area contributed by atoms with Crippen LogP contribution in [-0.4, -0.2) is 31.8 Å². The van der Waals surface area contributed by atoms with Crippen molar-refractivity contribution >= 4 is 22.3 Å². The molecule has 1 aromatic heterocycles. The van der Waals surface area contributed by atoms with Crippen LogP contribution in [0.2, 0.25) is 0 Å². The van der Waals surface area contributed by atoms with Gasteiger partial charge >= 0.3 is 0 Å². The monoisotopic (exact) mass is 284 g/mol. The van der Waals surface area contributed by atoms with Crippen LogP contribution in [0.4, 0.5) is 11.4 Å². The number of nitrogen functional groups attached to an aromatic ring is 1. The van der Waals surface area contributed by atoms with Gasteiger partial charge < -0.3 is 15.4 Å². The van der Waals surface area contributed by atoms with Crippen LogP contribution in [0.25, 0.3) is 10.9 Å². The van der Waals surface area contributed by atoms with Gasteiger partial charge in [-0.15, -0.1) is 0 Å². The molecule has 5 nitrogen and oxygen atoms in total. The molecule has 0 unspecified atom stereocenters. The SMILES string of the molecule is COCCN(CCC#N)c1cc(C)nc2ccc(N)cc12. The summed E-state index contributed by atoms with van der Waals surface area (Å²) in [6.45, 7) is 3.97. The minimum absolute atomic E-state index is 0.467. The summed E-state index contributed by atoms with van der Waals surface area (Å²) >= 11 is 0. The van der Waals surface area contributed by atoms with E-state index in [-0.39, 0.29) is 0 Å². The number of hydrogen-bond donors (Lipinski definition) is 1. The van der Waals surface area contributed by atoms with E-state index in [0.29, 0.717) is 25.3 Å². The lowest BCUT2D eigenvalue weighted by Gasteiger charge is -2.25. The lowest BCUT2D eigenvalue weighted by Crippen LogP contribution is -2.28. The van der Waals surface area contributed by atoms with Gasteiger partial charge in [-0.3, -0.25) is 4.98 Å². The third-order valence-electron chi connectivity index (χ3n) is 3.34. The molecule has 0 aliphatic heterocycles. The molecule has 0 spiro atoms. The van der Waals surface area contributed by atoms with Gasteiger partial charge in [0.2, 0.25) is 0 Å². The maximum absolute atomic E-state index is 8.86. The van der Waals surface area contributed by atoms with Crippen molar-refractivity contribution < 1.29 is 4.74 Å². The Morgan fingerprint density at radius 1 is 1.33 bits per heavy atom. The molecule has 0 amide bonds. The number of aryl methyl sites for hydroxylation is 1. The van der Waals surface area contributed by atoms with Gasteiger partial charge in [-0.2, -0.15) is 5.26 Å². The van der Waals surface area contributed by atoms with E-state index in [1.165, 1.54) is 0 Å². The Kier molecular flexibility index (Phi) is 4.96. The van der Waals surface area contributed by atoms with Crippen LogP contribution in [0, 0.1) is 18.3 Å². The first-order valence-electron chi connectivity index (χ1n) is 6.93. The minimum atomic E-state index is 0.467. The molecule has 0 atom stereocenters. The van der Waals surface area contributed by atoms with Gasteiger partial charge in [-0.1, -0.05) is 0 Å². The molecule has 110 valence electrons. The van der Waals surface area contributed by atoms with Crippen molar-refractivity contribution in [3.8, 4) is 6.07 Å². The van der Waals surface area contributed by atoms with E-state index in [0.717, 1.165) is 28.8 Å². The van der Waals surface area contributed by atoms with Crippen molar-refractivity contribution in [3.05, 3.63) is 30.0 Å². The number of pyridine rings is 1. The third kappa shape index (κ3) is 3.61. The predicted octanol–water partition coefficient (Wildman–Crippen LogP) is 2.49. The molecule has 0 bridgehead atoms. The van der Waals surface area contributed by atoms with Crippen molar-refractivity contribution in [3.63, 3.8) is 0 Å². The number of nitrogens with two attached hydrogens (primary N) is 1. The average molecular weight is 284 g/mol. The van der Waals surface area contributed by atoms with Gasteiger partial charge in [0.1, 0.15) is 0 Å². The van der Waals surface area contributed by atoms with Crippen molar-refractivity contribution in [2.45, 2.75) is 13.3 Å². The quantitative estimate of drug-likeness (QED) is 0.825.